The minimum absolute atomic E-state index is 0.0456. The Kier molecular flexibility index (Phi) is 5.22. The van der Waals surface area contributed by atoms with Crippen molar-refractivity contribution in [3.63, 3.8) is 0 Å². The number of amides is 1. The number of nitrogens with zero attached hydrogens (tertiary/aromatic N) is 2. The van der Waals surface area contributed by atoms with Crippen molar-refractivity contribution in [3.8, 4) is 0 Å². The third kappa shape index (κ3) is 3.82. The van der Waals surface area contributed by atoms with E-state index in [1.165, 1.54) is 10.8 Å². The summed E-state index contributed by atoms with van der Waals surface area (Å²) in [5, 5.41) is 10.9. The van der Waals surface area contributed by atoms with Gasteiger partial charge in [0.2, 0.25) is 0 Å². The molecule has 0 radical (unpaired) electrons. The van der Waals surface area contributed by atoms with Crippen LogP contribution in [0.5, 0.6) is 0 Å². The molecule has 1 heterocycles. The van der Waals surface area contributed by atoms with Crippen LogP contribution >= 0.6 is 0 Å². The molecule has 4 nitrogen and oxygen atoms in total. The number of rotatable bonds is 5. The second kappa shape index (κ2) is 7.95. The summed E-state index contributed by atoms with van der Waals surface area (Å²) in [6, 6.07) is 25.3. The van der Waals surface area contributed by atoms with Gasteiger partial charge in [0.1, 0.15) is 0 Å². The summed E-state index contributed by atoms with van der Waals surface area (Å²) in [6.45, 7) is 4.60. The second-order valence-electron chi connectivity index (χ2n) is 7.66. The molecule has 3 aromatic rings. The van der Waals surface area contributed by atoms with Gasteiger partial charge in [-0.25, -0.2) is 5.01 Å². The fraction of sp³-hybridized carbons (Fsp3) is 0.250. The number of benzene rings is 3. The molecule has 142 valence electrons. The predicted octanol–water partition coefficient (Wildman–Crippen LogP) is 3.49. The van der Waals surface area contributed by atoms with E-state index >= 15 is 0 Å². The van der Waals surface area contributed by atoms with Crippen LogP contribution in [0.1, 0.15) is 37.4 Å². The number of nitrogens with two attached hydrogens (primary N) is 1. The quantitative estimate of drug-likeness (QED) is 0.732. The summed E-state index contributed by atoms with van der Waals surface area (Å²) in [6.07, 6.45) is 0.732. The van der Waals surface area contributed by atoms with Crippen molar-refractivity contribution in [1.29, 1.82) is 0 Å². The predicted molar refractivity (Wildman–Crippen MR) is 113 cm³/mol. The molecule has 1 amide bonds. The molecule has 4 heteroatoms. The van der Waals surface area contributed by atoms with Crippen LogP contribution in [-0.4, -0.2) is 29.2 Å². The molecule has 1 atom stereocenters. The molecule has 0 bridgehead atoms. The number of quaternary nitrogens is 1. The molecule has 0 saturated heterocycles. The number of hydrazone groups is 1. The minimum Gasteiger partial charge on any atom is -0.336 e. The van der Waals surface area contributed by atoms with E-state index in [1.54, 1.807) is 5.01 Å². The van der Waals surface area contributed by atoms with Crippen molar-refractivity contribution in [2.24, 2.45) is 5.10 Å². The first kappa shape index (κ1) is 18.4. The molecule has 1 aliphatic rings. The Morgan fingerprint density at radius 3 is 2.50 bits per heavy atom. The second-order valence-corrected chi connectivity index (χ2v) is 7.66. The first-order valence-corrected chi connectivity index (χ1v) is 9.89. The van der Waals surface area contributed by atoms with E-state index in [2.05, 4.69) is 56.3 Å². The highest BCUT2D eigenvalue weighted by atomic mass is 16.2. The molecule has 0 saturated carbocycles. The smallest absolute Gasteiger partial charge is 0.298 e. The van der Waals surface area contributed by atoms with E-state index in [0.717, 1.165) is 23.3 Å². The lowest BCUT2D eigenvalue weighted by molar-refractivity contribution is -0.673. The van der Waals surface area contributed by atoms with Gasteiger partial charge in [-0.05, 0) is 41.8 Å². The van der Waals surface area contributed by atoms with Crippen LogP contribution in [0.2, 0.25) is 0 Å². The van der Waals surface area contributed by atoms with Gasteiger partial charge in [-0.1, -0.05) is 66.7 Å². The highest BCUT2D eigenvalue weighted by molar-refractivity contribution is 6.05. The summed E-state index contributed by atoms with van der Waals surface area (Å²) in [4.78, 5) is 12.9. The molecule has 0 fully saturated rings. The Bertz CT molecular complexity index is 1010. The number of carbonyl (C=O) groups is 1. The molecule has 1 aliphatic heterocycles. The Balaban J connectivity index is 1.66. The molecule has 0 aromatic heterocycles. The average Bonchev–Trinajstić information content (AvgIpc) is 3.18. The van der Waals surface area contributed by atoms with E-state index in [0.29, 0.717) is 12.6 Å². The van der Waals surface area contributed by atoms with Gasteiger partial charge in [-0.15, -0.1) is 0 Å². The number of hydrogen-bond donors (Lipinski definition) is 1. The zero-order valence-corrected chi connectivity index (χ0v) is 16.4. The average molecular weight is 372 g/mol. The maximum Gasteiger partial charge on any atom is 0.298 e. The zero-order chi connectivity index (χ0) is 19.5. The monoisotopic (exact) mass is 372 g/mol. The summed E-state index contributed by atoms with van der Waals surface area (Å²) >= 11 is 0. The van der Waals surface area contributed by atoms with Crippen LogP contribution in [0.4, 0.5) is 0 Å². The van der Waals surface area contributed by atoms with Gasteiger partial charge in [0.05, 0.1) is 17.8 Å². The molecule has 0 aliphatic carbocycles. The van der Waals surface area contributed by atoms with Crippen LogP contribution in [-0.2, 0) is 4.79 Å². The first-order valence-electron chi connectivity index (χ1n) is 9.89. The maximum atomic E-state index is 12.9. The Labute approximate surface area is 165 Å². The lowest BCUT2D eigenvalue weighted by atomic mass is 9.97. The summed E-state index contributed by atoms with van der Waals surface area (Å²) in [5.74, 6) is 0.0540. The van der Waals surface area contributed by atoms with Gasteiger partial charge in [0.15, 0.2) is 6.54 Å². The molecule has 3 aromatic carbocycles. The first-order chi connectivity index (χ1) is 13.6. The Morgan fingerprint density at radius 1 is 1.04 bits per heavy atom. The highest BCUT2D eigenvalue weighted by Gasteiger charge is 2.33. The van der Waals surface area contributed by atoms with E-state index in [-0.39, 0.29) is 11.9 Å². The zero-order valence-electron chi connectivity index (χ0n) is 16.4. The summed E-state index contributed by atoms with van der Waals surface area (Å²) in [5.41, 5.74) is 3.18. The van der Waals surface area contributed by atoms with Crippen LogP contribution in [0.15, 0.2) is 77.9 Å². The van der Waals surface area contributed by atoms with Gasteiger partial charge >= 0.3 is 0 Å². The van der Waals surface area contributed by atoms with E-state index in [1.807, 2.05) is 35.6 Å². The third-order valence-electron chi connectivity index (χ3n) is 5.20. The van der Waals surface area contributed by atoms with Gasteiger partial charge in [-0.3, -0.25) is 4.79 Å². The topological polar surface area (TPSA) is 49.3 Å². The van der Waals surface area contributed by atoms with Gasteiger partial charge in [0.25, 0.3) is 5.91 Å². The van der Waals surface area contributed by atoms with E-state index in [9.17, 15) is 4.79 Å². The fourth-order valence-electron chi connectivity index (χ4n) is 3.65. The molecule has 0 spiro atoms. The highest BCUT2D eigenvalue weighted by Crippen LogP contribution is 2.33. The Morgan fingerprint density at radius 2 is 1.75 bits per heavy atom. The van der Waals surface area contributed by atoms with Crippen molar-refractivity contribution in [3.05, 3.63) is 83.9 Å². The summed E-state index contributed by atoms with van der Waals surface area (Å²) in [7, 11) is 0. The van der Waals surface area contributed by atoms with E-state index < -0.39 is 0 Å². The van der Waals surface area contributed by atoms with E-state index in [4.69, 9.17) is 5.10 Å². The molecule has 0 unspecified atom stereocenters. The fourth-order valence-corrected chi connectivity index (χ4v) is 3.65. The van der Waals surface area contributed by atoms with Crippen LogP contribution < -0.4 is 5.32 Å². The Hall–Kier alpha value is -2.98. The van der Waals surface area contributed by atoms with Crippen LogP contribution in [0.25, 0.3) is 10.8 Å². The standard InChI is InChI=1S/C24H25N3O/c1-17(2)25-16-24(28)27-23(19-9-4-3-5-10-19)15-22(26-27)21-13-12-18-8-6-7-11-20(18)14-21/h3-14,17,23,25H,15-16H2,1-2H3/p+1/t23-/m1/s1. The van der Waals surface area contributed by atoms with Crippen LogP contribution in [0, 0.1) is 0 Å². The normalized spacial score (nSPS) is 16.6. The van der Waals surface area contributed by atoms with Crippen molar-refractivity contribution in [2.75, 3.05) is 6.54 Å². The van der Waals surface area contributed by atoms with Crippen molar-refractivity contribution in [2.45, 2.75) is 32.4 Å². The molecular formula is C24H26N3O+. The number of fused-ring (bicyclic) bond motifs is 1. The lowest BCUT2D eigenvalue weighted by Crippen LogP contribution is -2.90. The van der Waals surface area contributed by atoms with Crippen molar-refractivity contribution >= 4 is 22.4 Å². The molecule has 2 N–H and O–H groups in total. The van der Waals surface area contributed by atoms with Crippen molar-refractivity contribution < 1.29 is 10.1 Å². The lowest BCUT2D eigenvalue weighted by Gasteiger charge is -2.21. The van der Waals surface area contributed by atoms with Gasteiger partial charge in [-0.2, -0.15) is 5.10 Å². The SMILES string of the molecule is CC(C)[NH2+]CC(=O)N1N=C(c2ccc3ccccc3c2)C[C@@H]1c1ccccc1. The molecular weight excluding hydrogens is 346 g/mol. The third-order valence-corrected chi connectivity index (χ3v) is 5.20. The summed E-state index contributed by atoms with van der Waals surface area (Å²) < 4.78 is 0. The molecule has 4 rings (SSSR count). The number of hydrogen-bond acceptors (Lipinski definition) is 2. The van der Waals surface area contributed by atoms with Gasteiger partial charge in [0, 0.05) is 6.42 Å². The number of carbonyl (C=O) groups excluding carboxylic acids is 1. The molecule has 28 heavy (non-hydrogen) atoms. The van der Waals surface area contributed by atoms with Crippen LogP contribution in [0.3, 0.4) is 0 Å². The van der Waals surface area contributed by atoms with Crippen molar-refractivity contribution in [1.82, 2.24) is 5.01 Å². The minimum atomic E-state index is -0.0456. The van der Waals surface area contributed by atoms with Gasteiger partial charge < -0.3 is 5.32 Å². The maximum absolute atomic E-state index is 12.9. The largest absolute Gasteiger partial charge is 0.336 e.